The van der Waals surface area contributed by atoms with Crippen LogP contribution in [0.25, 0.3) is 6.08 Å². The van der Waals surface area contributed by atoms with Crippen molar-refractivity contribution in [1.29, 1.82) is 0 Å². The van der Waals surface area contributed by atoms with Gasteiger partial charge in [0, 0.05) is 17.1 Å². The van der Waals surface area contributed by atoms with Crippen molar-refractivity contribution >= 4 is 34.3 Å². The van der Waals surface area contributed by atoms with Gasteiger partial charge in [-0.3, -0.25) is 4.79 Å². The third-order valence-corrected chi connectivity index (χ3v) is 4.96. The van der Waals surface area contributed by atoms with Crippen LogP contribution < -0.4 is 14.4 Å². The van der Waals surface area contributed by atoms with E-state index in [4.69, 9.17) is 9.47 Å². The largest absolute Gasteiger partial charge is 0.454 e. The highest BCUT2D eigenvalue weighted by Crippen LogP contribution is 2.34. The topological polar surface area (TPSA) is 64.0 Å². The zero-order chi connectivity index (χ0) is 18.2. The van der Waals surface area contributed by atoms with E-state index in [1.807, 2.05) is 53.9 Å². The third-order valence-electron chi connectivity index (χ3n) is 4.20. The van der Waals surface area contributed by atoms with Gasteiger partial charge in [0.15, 0.2) is 16.6 Å². The molecule has 6 nitrogen and oxygen atoms in total. The van der Waals surface area contributed by atoms with Gasteiger partial charge in [-0.2, -0.15) is 0 Å². The normalized spacial score (nSPS) is 16.9. The minimum atomic E-state index is -0.207. The van der Waals surface area contributed by atoms with Crippen LogP contribution in [0.15, 0.2) is 70.8 Å². The second-order valence-corrected chi connectivity index (χ2v) is 6.77. The summed E-state index contributed by atoms with van der Waals surface area (Å²) < 4.78 is 10.7. The highest BCUT2D eigenvalue weighted by Gasteiger charge is 2.34. The van der Waals surface area contributed by atoms with E-state index in [0.717, 1.165) is 11.1 Å². The number of amides is 1. The molecular weight excluding hydrogens is 362 g/mol. The quantitative estimate of drug-likeness (QED) is 0.655. The van der Waals surface area contributed by atoms with Crippen LogP contribution in [0.1, 0.15) is 11.1 Å². The lowest BCUT2D eigenvalue weighted by Crippen LogP contribution is -2.32. The molecule has 7 heteroatoms. The molecule has 5 rings (SSSR count). The van der Waals surface area contributed by atoms with Crippen molar-refractivity contribution in [3.63, 3.8) is 0 Å². The first-order valence-corrected chi connectivity index (χ1v) is 9.17. The summed E-state index contributed by atoms with van der Waals surface area (Å²) in [4.78, 5) is 23.5. The van der Waals surface area contributed by atoms with Crippen LogP contribution in [0.4, 0.5) is 5.13 Å². The fourth-order valence-electron chi connectivity index (χ4n) is 2.96. The number of hydrogen-bond acceptors (Lipinski definition) is 6. The molecule has 0 saturated heterocycles. The van der Waals surface area contributed by atoms with Crippen LogP contribution >= 0.6 is 11.3 Å². The van der Waals surface area contributed by atoms with Crippen LogP contribution in [0, 0.1) is 0 Å². The number of amidine groups is 1. The second kappa shape index (κ2) is 6.37. The molecule has 3 aromatic rings. The molecule has 132 valence electrons. The van der Waals surface area contributed by atoms with Gasteiger partial charge in [0.1, 0.15) is 11.5 Å². The molecule has 0 spiro atoms. The first-order valence-electron chi connectivity index (χ1n) is 8.29. The van der Waals surface area contributed by atoms with E-state index in [2.05, 4.69) is 9.98 Å². The van der Waals surface area contributed by atoms with Crippen molar-refractivity contribution < 1.29 is 14.3 Å². The van der Waals surface area contributed by atoms with Crippen molar-refractivity contribution in [3.8, 4) is 11.5 Å². The molecule has 0 N–H and O–H groups in total. The number of fused-ring (bicyclic) bond motifs is 1. The van der Waals surface area contributed by atoms with Gasteiger partial charge in [0.05, 0.1) is 0 Å². The average Bonchev–Trinajstić information content (AvgIpc) is 3.43. The third kappa shape index (κ3) is 2.78. The summed E-state index contributed by atoms with van der Waals surface area (Å²) in [5, 5.41) is 2.43. The van der Waals surface area contributed by atoms with E-state index in [1.165, 1.54) is 11.3 Å². The molecule has 0 fully saturated rings. The Hall–Kier alpha value is -3.45. The minimum absolute atomic E-state index is 0.207. The number of aromatic nitrogens is 1. The van der Waals surface area contributed by atoms with Gasteiger partial charge in [-0.05, 0) is 23.8 Å². The van der Waals surface area contributed by atoms with Crippen molar-refractivity contribution in [2.45, 2.75) is 0 Å². The Balaban J connectivity index is 1.59. The number of aliphatic imine (C=N–C) groups is 1. The summed E-state index contributed by atoms with van der Waals surface area (Å²) in [6.45, 7) is 0.211. The molecule has 2 aliphatic heterocycles. The van der Waals surface area contributed by atoms with Crippen molar-refractivity contribution in [2.24, 2.45) is 4.99 Å². The zero-order valence-corrected chi connectivity index (χ0v) is 14.8. The van der Waals surface area contributed by atoms with E-state index >= 15 is 0 Å². The highest BCUT2D eigenvalue weighted by atomic mass is 32.1. The first kappa shape index (κ1) is 15.8. The predicted molar refractivity (Wildman–Crippen MR) is 103 cm³/mol. The Bertz CT molecular complexity index is 1080. The molecule has 0 atom stereocenters. The van der Waals surface area contributed by atoms with E-state index in [1.54, 1.807) is 17.2 Å². The Kier molecular flexibility index (Phi) is 3.72. The number of anilines is 1. The lowest BCUT2D eigenvalue weighted by molar-refractivity contribution is -0.113. The number of carbonyl (C=O) groups excluding carboxylic acids is 1. The number of ether oxygens (including phenoxy) is 2. The summed E-state index contributed by atoms with van der Waals surface area (Å²) in [6, 6.07) is 15.2. The summed E-state index contributed by atoms with van der Waals surface area (Å²) in [7, 11) is 0. The van der Waals surface area contributed by atoms with Crippen LogP contribution in [0.5, 0.6) is 11.5 Å². The van der Waals surface area contributed by atoms with Crippen LogP contribution in [0.2, 0.25) is 0 Å². The Morgan fingerprint density at radius 3 is 2.74 bits per heavy atom. The van der Waals surface area contributed by atoms with E-state index in [9.17, 15) is 4.79 Å². The molecule has 1 amide bonds. The molecule has 0 aliphatic carbocycles. The summed E-state index contributed by atoms with van der Waals surface area (Å²) in [5.74, 6) is 1.73. The summed E-state index contributed by atoms with van der Waals surface area (Å²) in [6.07, 6.45) is 3.43. The van der Waals surface area contributed by atoms with Gasteiger partial charge in [0.2, 0.25) is 6.79 Å². The maximum atomic E-state index is 13.1. The molecule has 0 saturated carbocycles. The molecule has 2 aliphatic rings. The number of nitrogens with zero attached hydrogens (tertiary/aromatic N) is 3. The second-order valence-electron chi connectivity index (χ2n) is 5.90. The highest BCUT2D eigenvalue weighted by molar-refractivity contribution is 7.14. The van der Waals surface area contributed by atoms with Crippen molar-refractivity contribution in [3.05, 3.63) is 76.9 Å². The molecule has 0 bridgehead atoms. The molecule has 3 heterocycles. The number of carbonyl (C=O) groups is 1. The van der Waals surface area contributed by atoms with Gasteiger partial charge in [0.25, 0.3) is 5.91 Å². The maximum absolute atomic E-state index is 13.1. The van der Waals surface area contributed by atoms with Crippen LogP contribution in [-0.2, 0) is 4.79 Å². The monoisotopic (exact) mass is 375 g/mol. The fourth-order valence-corrected chi connectivity index (χ4v) is 3.60. The van der Waals surface area contributed by atoms with Gasteiger partial charge >= 0.3 is 0 Å². The molecule has 1 aromatic heterocycles. The Labute approximate surface area is 159 Å². The Morgan fingerprint density at radius 2 is 1.93 bits per heavy atom. The van der Waals surface area contributed by atoms with Crippen molar-refractivity contribution in [1.82, 2.24) is 4.98 Å². The van der Waals surface area contributed by atoms with E-state index in [0.29, 0.717) is 28.2 Å². The first-order chi connectivity index (χ1) is 13.3. The predicted octanol–water partition coefficient (Wildman–Crippen LogP) is 3.71. The SMILES string of the molecule is O=C1/C(=C\c2ccc3c(c2)OCO3)N=C(c2ccccc2)N1c1nccs1. The minimum Gasteiger partial charge on any atom is -0.454 e. The molecule has 0 unspecified atom stereocenters. The molecule has 2 aromatic carbocycles. The average molecular weight is 375 g/mol. The smallest absolute Gasteiger partial charge is 0.284 e. The molecule has 0 radical (unpaired) electrons. The van der Waals surface area contributed by atoms with Crippen LogP contribution in [0.3, 0.4) is 0 Å². The van der Waals surface area contributed by atoms with E-state index < -0.39 is 0 Å². The van der Waals surface area contributed by atoms with Gasteiger partial charge in [-0.1, -0.05) is 36.4 Å². The lowest BCUT2D eigenvalue weighted by Gasteiger charge is -2.14. The zero-order valence-electron chi connectivity index (χ0n) is 14.0. The lowest BCUT2D eigenvalue weighted by atomic mass is 10.1. The summed E-state index contributed by atoms with van der Waals surface area (Å²) >= 11 is 1.40. The van der Waals surface area contributed by atoms with E-state index in [-0.39, 0.29) is 12.7 Å². The standard InChI is InChI=1S/C20H13N3O3S/c24-19-15(10-13-6-7-16-17(11-13)26-12-25-16)22-18(14-4-2-1-3-5-14)23(19)20-21-8-9-27-20/h1-11H,12H2/b15-10+. The molecule has 27 heavy (non-hydrogen) atoms. The number of rotatable bonds is 3. The number of thiazole rings is 1. The maximum Gasteiger partial charge on any atom is 0.284 e. The van der Waals surface area contributed by atoms with Gasteiger partial charge < -0.3 is 9.47 Å². The Morgan fingerprint density at radius 1 is 1.07 bits per heavy atom. The summed E-state index contributed by atoms with van der Waals surface area (Å²) in [5.41, 5.74) is 2.03. The van der Waals surface area contributed by atoms with Crippen LogP contribution in [-0.4, -0.2) is 23.5 Å². The molecular formula is C20H13N3O3S. The van der Waals surface area contributed by atoms with Crippen molar-refractivity contribution in [2.75, 3.05) is 11.7 Å². The van der Waals surface area contributed by atoms with Gasteiger partial charge in [-0.25, -0.2) is 14.9 Å². The van der Waals surface area contributed by atoms with Gasteiger partial charge in [-0.15, -0.1) is 11.3 Å². The fraction of sp³-hybridized carbons (Fsp3) is 0.0500. The number of hydrogen-bond donors (Lipinski definition) is 0. The number of benzene rings is 2.